The Kier molecular flexibility index (Phi) is 7.36. The molecule has 2 heterocycles. The van der Waals surface area contributed by atoms with Crippen molar-refractivity contribution in [3.63, 3.8) is 0 Å². The molecule has 1 aliphatic rings. The first-order valence-corrected chi connectivity index (χ1v) is 8.40. The third-order valence-electron chi connectivity index (χ3n) is 4.44. The minimum Gasteiger partial charge on any atom is -0.376 e. The SMILES string of the molecule is CN=C(NCCc1c(C)[nH]c2ccccc12)NCC1CCCO1.I. The number of fused-ring (bicyclic) bond motifs is 1. The molecule has 0 saturated carbocycles. The van der Waals surface area contributed by atoms with Gasteiger partial charge in [-0.15, -0.1) is 24.0 Å². The molecule has 0 bridgehead atoms. The smallest absolute Gasteiger partial charge is 0.191 e. The van der Waals surface area contributed by atoms with Crippen molar-refractivity contribution < 1.29 is 4.74 Å². The molecule has 132 valence electrons. The fourth-order valence-electron chi connectivity index (χ4n) is 3.20. The molecule has 1 unspecified atom stereocenters. The van der Waals surface area contributed by atoms with Crippen molar-refractivity contribution in [3.05, 3.63) is 35.5 Å². The predicted molar refractivity (Wildman–Crippen MR) is 110 cm³/mol. The van der Waals surface area contributed by atoms with Gasteiger partial charge in [-0.05, 0) is 37.8 Å². The standard InChI is InChI=1S/C18H26N4O.HI/c1-13-15(16-7-3-4-8-17(16)22-13)9-10-20-18(19-2)21-12-14-6-5-11-23-14;/h3-4,7-8,14,22H,5-6,9-12H2,1-2H3,(H2,19,20,21);1H. The number of para-hydroxylation sites is 1. The van der Waals surface area contributed by atoms with Crippen molar-refractivity contribution >= 4 is 40.8 Å². The molecule has 1 fully saturated rings. The topological polar surface area (TPSA) is 61.4 Å². The van der Waals surface area contributed by atoms with Crippen molar-refractivity contribution in [3.8, 4) is 0 Å². The lowest BCUT2D eigenvalue weighted by Gasteiger charge is -2.15. The number of aromatic nitrogens is 1. The van der Waals surface area contributed by atoms with Crippen molar-refractivity contribution in [1.82, 2.24) is 15.6 Å². The molecule has 1 aromatic heterocycles. The molecule has 0 amide bonds. The van der Waals surface area contributed by atoms with Crippen molar-refractivity contribution in [2.45, 2.75) is 32.3 Å². The highest BCUT2D eigenvalue weighted by Gasteiger charge is 2.15. The van der Waals surface area contributed by atoms with Gasteiger partial charge in [0.05, 0.1) is 6.10 Å². The van der Waals surface area contributed by atoms with E-state index in [9.17, 15) is 0 Å². The summed E-state index contributed by atoms with van der Waals surface area (Å²) in [6.45, 7) is 4.71. The van der Waals surface area contributed by atoms with Crippen LogP contribution in [0.15, 0.2) is 29.3 Å². The molecule has 3 rings (SSSR count). The van der Waals surface area contributed by atoms with Gasteiger partial charge < -0.3 is 20.4 Å². The summed E-state index contributed by atoms with van der Waals surface area (Å²) in [5.74, 6) is 0.845. The van der Waals surface area contributed by atoms with E-state index in [0.29, 0.717) is 6.10 Å². The van der Waals surface area contributed by atoms with E-state index < -0.39 is 0 Å². The summed E-state index contributed by atoms with van der Waals surface area (Å²) in [4.78, 5) is 7.73. The van der Waals surface area contributed by atoms with Gasteiger partial charge in [0.15, 0.2) is 5.96 Å². The van der Waals surface area contributed by atoms with Gasteiger partial charge in [-0.2, -0.15) is 0 Å². The number of nitrogens with zero attached hydrogens (tertiary/aromatic N) is 1. The number of aryl methyl sites for hydroxylation is 1. The Morgan fingerprint density at radius 1 is 1.33 bits per heavy atom. The summed E-state index contributed by atoms with van der Waals surface area (Å²) in [7, 11) is 1.81. The molecular weight excluding hydrogens is 415 g/mol. The van der Waals surface area contributed by atoms with Crippen LogP contribution in [0.1, 0.15) is 24.1 Å². The van der Waals surface area contributed by atoms with Crippen LogP contribution in [-0.2, 0) is 11.2 Å². The molecule has 6 heteroatoms. The molecule has 24 heavy (non-hydrogen) atoms. The monoisotopic (exact) mass is 442 g/mol. The lowest BCUT2D eigenvalue weighted by molar-refractivity contribution is 0.114. The Morgan fingerprint density at radius 2 is 2.17 bits per heavy atom. The fourth-order valence-corrected chi connectivity index (χ4v) is 3.20. The first-order chi connectivity index (χ1) is 11.3. The maximum absolute atomic E-state index is 5.63. The molecule has 0 spiro atoms. The van der Waals surface area contributed by atoms with Crippen LogP contribution in [-0.4, -0.2) is 43.8 Å². The van der Waals surface area contributed by atoms with Gasteiger partial charge >= 0.3 is 0 Å². The van der Waals surface area contributed by atoms with E-state index in [1.807, 2.05) is 7.05 Å². The van der Waals surface area contributed by atoms with Crippen LogP contribution in [0.3, 0.4) is 0 Å². The highest BCUT2D eigenvalue weighted by Crippen LogP contribution is 2.21. The van der Waals surface area contributed by atoms with E-state index in [1.54, 1.807) is 0 Å². The number of guanidine groups is 1. The zero-order valence-corrected chi connectivity index (χ0v) is 16.7. The first kappa shape index (κ1) is 19.1. The summed E-state index contributed by atoms with van der Waals surface area (Å²) in [5.41, 5.74) is 3.83. The zero-order valence-electron chi connectivity index (χ0n) is 14.4. The Bertz CT molecular complexity index is 677. The number of ether oxygens (including phenoxy) is 1. The molecule has 1 aliphatic heterocycles. The van der Waals surface area contributed by atoms with E-state index in [4.69, 9.17) is 4.74 Å². The number of hydrogen-bond acceptors (Lipinski definition) is 2. The third-order valence-corrected chi connectivity index (χ3v) is 4.44. The largest absolute Gasteiger partial charge is 0.376 e. The number of H-pyrrole nitrogens is 1. The molecular formula is C18H27IN4O. The van der Waals surface area contributed by atoms with Crippen LogP contribution in [0.2, 0.25) is 0 Å². The third kappa shape index (κ3) is 4.63. The van der Waals surface area contributed by atoms with E-state index in [-0.39, 0.29) is 24.0 Å². The molecule has 3 N–H and O–H groups in total. The Balaban J connectivity index is 0.00000208. The lowest BCUT2D eigenvalue weighted by Crippen LogP contribution is -2.41. The van der Waals surface area contributed by atoms with Gasteiger partial charge in [0.1, 0.15) is 0 Å². The van der Waals surface area contributed by atoms with Gasteiger partial charge in [-0.1, -0.05) is 18.2 Å². The Morgan fingerprint density at radius 3 is 2.92 bits per heavy atom. The Labute approximate surface area is 160 Å². The van der Waals surface area contributed by atoms with Crippen LogP contribution in [0.25, 0.3) is 10.9 Å². The van der Waals surface area contributed by atoms with E-state index >= 15 is 0 Å². The maximum Gasteiger partial charge on any atom is 0.191 e. The highest BCUT2D eigenvalue weighted by atomic mass is 127. The highest BCUT2D eigenvalue weighted by molar-refractivity contribution is 14.0. The second-order valence-electron chi connectivity index (χ2n) is 6.04. The second kappa shape index (κ2) is 9.27. The molecule has 1 aromatic carbocycles. The average molecular weight is 442 g/mol. The van der Waals surface area contributed by atoms with Gasteiger partial charge in [0.25, 0.3) is 0 Å². The number of aromatic amines is 1. The number of aliphatic imine (C=N–C) groups is 1. The van der Waals surface area contributed by atoms with Crippen molar-refractivity contribution in [2.24, 2.45) is 4.99 Å². The number of benzene rings is 1. The maximum atomic E-state index is 5.63. The van der Waals surface area contributed by atoms with Gasteiger partial charge in [0, 0.05) is 43.3 Å². The number of hydrogen-bond donors (Lipinski definition) is 3. The summed E-state index contributed by atoms with van der Waals surface area (Å²) >= 11 is 0. The van der Waals surface area contributed by atoms with Crippen LogP contribution < -0.4 is 10.6 Å². The van der Waals surface area contributed by atoms with Crippen LogP contribution in [0, 0.1) is 6.92 Å². The summed E-state index contributed by atoms with van der Waals surface area (Å²) in [6.07, 6.45) is 3.59. The minimum absolute atomic E-state index is 0. The summed E-state index contributed by atoms with van der Waals surface area (Å²) in [6, 6.07) is 8.46. The van der Waals surface area contributed by atoms with Gasteiger partial charge in [0.2, 0.25) is 0 Å². The zero-order chi connectivity index (χ0) is 16.1. The number of halogens is 1. The van der Waals surface area contributed by atoms with E-state index in [1.165, 1.54) is 22.2 Å². The average Bonchev–Trinajstić information content (AvgIpc) is 3.18. The molecule has 0 radical (unpaired) electrons. The predicted octanol–water partition coefficient (Wildman–Crippen LogP) is 2.98. The van der Waals surface area contributed by atoms with Crippen LogP contribution in [0.4, 0.5) is 0 Å². The molecule has 1 atom stereocenters. The normalized spacial score (nSPS) is 17.8. The van der Waals surface area contributed by atoms with E-state index in [2.05, 4.69) is 51.8 Å². The number of nitrogens with one attached hydrogen (secondary N) is 3. The quantitative estimate of drug-likeness (QED) is 0.379. The Hall–Kier alpha value is -1.28. The van der Waals surface area contributed by atoms with Crippen LogP contribution >= 0.6 is 24.0 Å². The van der Waals surface area contributed by atoms with Crippen LogP contribution in [0.5, 0.6) is 0 Å². The van der Waals surface area contributed by atoms with E-state index in [0.717, 1.165) is 44.9 Å². The first-order valence-electron chi connectivity index (χ1n) is 8.40. The van der Waals surface area contributed by atoms with Gasteiger partial charge in [-0.3, -0.25) is 4.99 Å². The lowest BCUT2D eigenvalue weighted by atomic mass is 10.1. The molecule has 1 saturated heterocycles. The fraction of sp³-hybridized carbons (Fsp3) is 0.500. The minimum atomic E-state index is 0. The summed E-state index contributed by atoms with van der Waals surface area (Å²) in [5, 5.41) is 8.06. The van der Waals surface area contributed by atoms with Crippen molar-refractivity contribution in [2.75, 3.05) is 26.7 Å². The van der Waals surface area contributed by atoms with Crippen molar-refractivity contribution in [1.29, 1.82) is 0 Å². The molecule has 2 aromatic rings. The summed E-state index contributed by atoms with van der Waals surface area (Å²) < 4.78 is 5.63. The second-order valence-corrected chi connectivity index (χ2v) is 6.04. The molecule has 0 aliphatic carbocycles. The molecule has 5 nitrogen and oxygen atoms in total. The van der Waals surface area contributed by atoms with Gasteiger partial charge in [-0.25, -0.2) is 0 Å². The number of rotatable bonds is 5.